The van der Waals surface area contributed by atoms with Crippen LogP contribution in [0.1, 0.15) is 0 Å². The van der Waals surface area contributed by atoms with Crippen molar-refractivity contribution >= 4 is 28.1 Å². The van der Waals surface area contributed by atoms with Crippen molar-refractivity contribution in [2.75, 3.05) is 0 Å². The van der Waals surface area contributed by atoms with Gasteiger partial charge in [0.1, 0.15) is 0 Å². The predicted octanol–water partition coefficient (Wildman–Crippen LogP) is 4.03. The van der Waals surface area contributed by atoms with Gasteiger partial charge in [0.2, 0.25) is 0 Å². The van der Waals surface area contributed by atoms with Crippen LogP contribution in [0.25, 0.3) is 0 Å². The number of rotatable bonds is 2. The summed E-state index contributed by atoms with van der Waals surface area (Å²) in [6.45, 7) is -3.38. The minimum absolute atomic E-state index is 0.0446. The topological polar surface area (TPSA) is 65.0 Å². The lowest BCUT2D eigenvalue weighted by atomic mass is 10.3. The molecule has 0 saturated heterocycles. The van der Waals surface area contributed by atoms with Gasteiger partial charge >= 0.3 is 6.86 Å². The lowest BCUT2D eigenvalue weighted by Crippen LogP contribution is -1.98. The van der Waals surface area contributed by atoms with E-state index < -0.39 is 16.9 Å². The van der Waals surface area contributed by atoms with E-state index in [0.29, 0.717) is 11.5 Å². The fraction of sp³-hybridized carbons (Fsp3) is 0. The average molecular weight is 330 g/mol. The van der Waals surface area contributed by atoms with Crippen molar-refractivity contribution in [1.29, 1.82) is 0 Å². The van der Waals surface area contributed by atoms with Gasteiger partial charge < -0.3 is 9.05 Å². The van der Waals surface area contributed by atoms with Crippen LogP contribution in [-0.2, 0) is 10.0 Å². The molecule has 0 atom stereocenters. The number of fused-ring (bicyclic) bond motifs is 1. The molecule has 3 rings (SSSR count). The van der Waals surface area contributed by atoms with Crippen LogP contribution in [0.2, 0.25) is 0 Å². The first-order chi connectivity index (χ1) is 9.49. The second-order valence-corrected chi connectivity index (χ2v) is 8.57. The van der Waals surface area contributed by atoms with Gasteiger partial charge in [-0.15, -0.1) is 0 Å². The average Bonchev–Trinajstić information content (AvgIpc) is 2.74. The summed E-state index contributed by atoms with van der Waals surface area (Å²) in [4.78, 5) is 0.0446. The van der Waals surface area contributed by atoms with E-state index in [1.54, 1.807) is 42.5 Å². The zero-order valence-corrected chi connectivity index (χ0v) is 12.5. The molecular weight excluding hydrogens is 321 g/mol. The van der Waals surface area contributed by atoms with E-state index in [0.717, 1.165) is 0 Å². The number of sulfonamides is 1. The Bertz CT molecular complexity index is 778. The van der Waals surface area contributed by atoms with Gasteiger partial charge in [0.05, 0.1) is 4.90 Å². The maximum absolute atomic E-state index is 12.2. The summed E-state index contributed by atoms with van der Waals surface area (Å²) in [7, 11) is -3.93. The van der Waals surface area contributed by atoms with Gasteiger partial charge in [-0.05, 0) is 24.3 Å². The van der Waals surface area contributed by atoms with E-state index in [1.807, 2.05) is 0 Å². The van der Waals surface area contributed by atoms with Gasteiger partial charge in [-0.25, -0.2) is 0 Å². The third-order valence-electron chi connectivity index (χ3n) is 2.52. The summed E-state index contributed by atoms with van der Waals surface area (Å²) in [5.74, 6) is 0.783. The van der Waals surface area contributed by atoms with Gasteiger partial charge in [0, 0.05) is 11.2 Å². The second-order valence-electron chi connectivity index (χ2n) is 3.95. The molecule has 20 heavy (non-hydrogen) atoms. The lowest BCUT2D eigenvalue weighted by molar-refractivity contribution is 0.573. The Morgan fingerprint density at radius 1 is 0.900 bits per heavy atom. The largest absolute Gasteiger partial charge is 0.429 e. The molecule has 0 radical (unpaired) electrons. The first kappa shape index (κ1) is 13.5. The fourth-order valence-corrected chi connectivity index (χ4v) is 5.84. The molecule has 0 unspecified atom stereocenters. The zero-order chi connectivity index (χ0) is 14.2. The van der Waals surface area contributed by atoms with Crippen molar-refractivity contribution < 1.29 is 17.5 Å². The van der Waals surface area contributed by atoms with Crippen LogP contribution in [0.4, 0.5) is 0 Å². The summed E-state index contributed by atoms with van der Waals surface area (Å²) in [5.41, 5.74) is 0. The van der Waals surface area contributed by atoms with Gasteiger partial charge in [-0.2, -0.15) is 8.42 Å². The van der Waals surface area contributed by atoms with E-state index in [1.165, 1.54) is 12.1 Å². The van der Waals surface area contributed by atoms with E-state index in [-0.39, 0.29) is 4.90 Å². The highest BCUT2D eigenvalue weighted by Gasteiger charge is 2.35. The van der Waals surface area contributed by atoms with Crippen molar-refractivity contribution in [2.45, 2.75) is 4.90 Å². The van der Waals surface area contributed by atoms with Crippen LogP contribution < -0.4 is 9.05 Å². The Morgan fingerprint density at radius 3 is 1.95 bits per heavy atom. The number of hydrogen-bond acceptors (Lipinski definition) is 4. The van der Waals surface area contributed by atoms with E-state index in [9.17, 15) is 8.42 Å². The highest BCUT2D eigenvalue weighted by molar-refractivity contribution is 7.98. The molecule has 0 aromatic heterocycles. The van der Waals surface area contributed by atoms with E-state index >= 15 is 0 Å². The predicted molar refractivity (Wildman–Crippen MR) is 76.5 cm³/mol. The number of benzene rings is 2. The Hall–Kier alpha value is -1.49. The molecule has 2 aromatic carbocycles. The Balaban J connectivity index is 2.02. The van der Waals surface area contributed by atoms with Crippen molar-refractivity contribution in [3.05, 3.63) is 54.6 Å². The molecule has 0 saturated carbocycles. The molecule has 1 heterocycles. The summed E-state index contributed by atoms with van der Waals surface area (Å²) in [5, 5.41) is 0. The first-order valence-corrected chi connectivity index (χ1v) is 9.52. The quantitative estimate of drug-likeness (QED) is 0.780. The first-order valence-electron chi connectivity index (χ1n) is 5.60. The maximum atomic E-state index is 12.2. The van der Waals surface area contributed by atoms with Crippen molar-refractivity contribution in [2.24, 2.45) is 4.15 Å². The monoisotopic (exact) mass is 329 g/mol. The summed E-state index contributed by atoms with van der Waals surface area (Å²) in [6.07, 6.45) is 0. The molecule has 0 bridgehead atoms. The molecule has 104 valence electrons. The molecule has 1 aliphatic heterocycles. The van der Waals surface area contributed by atoms with Crippen LogP contribution in [0.15, 0.2) is 63.6 Å². The highest BCUT2D eigenvalue weighted by atomic mass is 35.7. The molecule has 0 amide bonds. The Morgan fingerprint density at radius 2 is 1.40 bits per heavy atom. The SMILES string of the molecule is O=S(=O)(N=P1(Cl)Oc2ccccc2O1)c1ccccc1. The van der Waals surface area contributed by atoms with Crippen LogP contribution in [0.5, 0.6) is 11.5 Å². The summed E-state index contributed by atoms with van der Waals surface area (Å²) < 4.78 is 38.7. The highest BCUT2D eigenvalue weighted by Crippen LogP contribution is 2.64. The molecule has 0 N–H and O–H groups in total. The van der Waals surface area contributed by atoms with Gasteiger partial charge in [-0.3, -0.25) is 0 Å². The fourth-order valence-electron chi connectivity index (χ4n) is 1.66. The maximum Gasteiger partial charge on any atom is 0.429 e. The van der Waals surface area contributed by atoms with E-state index in [4.69, 9.17) is 20.3 Å². The smallest absolute Gasteiger partial charge is 0.415 e. The Kier molecular flexibility index (Phi) is 3.24. The van der Waals surface area contributed by atoms with Crippen molar-refractivity contribution in [1.82, 2.24) is 0 Å². The molecule has 2 aromatic rings. The van der Waals surface area contributed by atoms with Crippen LogP contribution >= 0.6 is 18.1 Å². The number of nitrogens with zero attached hydrogens (tertiary/aromatic N) is 1. The third kappa shape index (κ3) is 2.54. The molecular formula is C12H9ClNO4PS. The van der Waals surface area contributed by atoms with Crippen LogP contribution in [0, 0.1) is 0 Å². The van der Waals surface area contributed by atoms with Gasteiger partial charge in [0.25, 0.3) is 10.0 Å². The minimum atomic E-state index is -3.93. The molecule has 0 fully saturated rings. The molecule has 8 heteroatoms. The Labute approximate surface area is 121 Å². The van der Waals surface area contributed by atoms with Crippen LogP contribution in [-0.4, -0.2) is 8.42 Å². The number of para-hydroxylation sites is 2. The van der Waals surface area contributed by atoms with Crippen LogP contribution in [0.3, 0.4) is 0 Å². The van der Waals surface area contributed by atoms with Gasteiger partial charge in [0.15, 0.2) is 11.5 Å². The minimum Gasteiger partial charge on any atom is -0.415 e. The van der Waals surface area contributed by atoms with Gasteiger partial charge in [-0.1, -0.05) is 34.5 Å². The molecule has 1 aliphatic rings. The second kappa shape index (κ2) is 4.81. The number of hydrogen-bond donors (Lipinski definition) is 0. The normalized spacial score (nSPS) is 15.8. The van der Waals surface area contributed by atoms with Crippen molar-refractivity contribution in [3.8, 4) is 11.5 Å². The number of halogens is 1. The third-order valence-corrected chi connectivity index (χ3v) is 6.84. The molecule has 0 aliphatic carbocycles. The standard InChI is InChI=1S/C12H9ClNO4PS/c13-19(17-11-8-4-5-9-12(11)18-19)14-20(15,16)10-6-2-1-3-7-10/h1-9H. The molecule has 5 nitrogen and oxygen atoms in total. The summed E-state index contributed by atoms with van der Waals surface area (Å²) in [6, 6.07) is 14.5. The molecule has 0 spiro atoms. The lowest BCUT2D eigenvalue weighted by Gasteiger charge is -2.07. The zero-order valence-electron chi connectivity index (χ0n) is 10.0. The summed E-state index contributed by atoms with van der Waals surface area (Å²) >= 11 is 6.09. The van der Waals surface area contributed by atoms with Crippen molar-refractivity contribution in [3.63, 3.8) is 0 Å². The van der Waals surface area contributed by atoms with E-state index in [2.05, 4.69) is 4.15 Å².